The number of imidazole rings is 1. The minimum absolute atomic E-state index is 1.06. The van der Waals surface area contributed by atoms with E-state index in [4.69, 9.17) is 11.8 Å². The number of H-pyrrole nitrogens is 2. The Labute approximate surface area is 73.4 Å². The summed E-state index contributed by atoms with van der Waals surface area (Å²) in [5.74, 6) is 1.23. The zero-order valence-corrected chi connectivity index (χ0v) is 7.86. The van der Waals surface area contributed by atoms with Crippen LogP contribution in [-0.4, -0.2) is 4.98 Å². The third kappa shape index (κ3) is 2.39. The topological polar surface area (TPSA) is 53.7 Å². The molecule has 2 N–H and O–H groups in total. The Hall–Kier alpha value is -1.30. The van der Waals surface area contributed by atoms with Gasteiger partial charge in [0, 0.05) is 19.8 Å². The maximum Gasteiger partial charge on any atom is 0.252 e. The summed E-state index contributed by atoms with van der Waals surface area (Å²) in [6.45, 7) is 11.2. The lowest BCUT2D eigenvalue weighted by atomic mass is 10.3. The van der Waals surface area contributed by atoms with Gasteiger partial charge in [0.15, 0.2) is 0 Å². The molecule has 0 aliphatic heterocycles. The van der Waals surface area contributed by atoms with Gasteiger partial charge < -0.3 is 11.8 Å². The monoisotopic (exact) mass is 165 g/mol. The van der Waals surface area contributed by atoms with E-state index in [1.54, 1.807) is 0 Å². The molecule has 3 nitrogen and oxygen atoms in total. The molecule has 66 valence electrons. The van der Waals surface area contributed by atoms with Crippen molar-refractivity contribution in [1.82, 2.24) is 4.98 Å². The second-order valence-electron chi connectivity index (χ2n) is 2.54. The van der Waals surface area contributed by atoms with Gasteiger partial charge in [-0.05, 0) is 0 Å². The molecule has 0 bridgehead atoms. The number of nitrogens with zero attached hydrogens (tertiary/aromatic N) is 1. The molecule has 1 heterocycles. The maximum absolute atomic E-state index is 6.25. The molecular weight excluding hydrogens is 150 g/mol. The minimum Gasteiger partial charge on any atom is -0.512 e. The molecule has 0 atom stereocenters. The highest BCUT2D eigenvalue weighted by molar-refractivity contribution is 5.04. The normalized spacial score (nSPS) is 8.75. The Morgan fingerprint density at radius 1 is 1.33 bits per heavy atom. The van der Waals surface area contributed by atoms with Gasteiger partial charge in [-0.15, -0.1) is 0 Å². The maximum atomic E-state index is 6.25. The standard InChI is InChI=1S/C8H14N2.CN/c1-4-7-6(3)9-8(5-2)10-7;1-2/h4-5H2,1-3H3,(H,9,10);/q;-1/p+1. The molecule has 0 aliphatic carbocycles. The van der Waals surface area contributed by atoms with E-state index in [-0.39, 0.29) is 0 Å². The third-order valence-electron chi connectivity index (χ3n) is 1.80. The Morgan fingerprint density at radius 3 is 2.17 bits per heavy atom. The molecule has 0 fully saturated rings. The molecule has 0 aliphatic rings. The van der Waals surface area contributed by atoms with E-state index in [0.717, 1.165) is 12.8 Å². The largest absolute Gasteiger partial charge is 0.512 e. The van der Waals surface area contributed by atoms with E-state index in [2.05, 4.69) is 30.7 Å². The summed E-state index contributed by atoms with van der Waals surface area (Å²) in [5, 5.41) is 6.25. The van der Waals surface area contributed by atoms with Crippen molar-refractivity contribution >= 4 is 0 Å². The van der Waals surface area contributed by atoms with Crippen LogP contribution in [0, 0.1) is 18.8 Å². The molecule has 0 amide bonds. The van der Waals surface area contributed by atoms with Gasteiger partial charge in [0.1, 0.15) is 11.4 Å². The second-order valence-corrected chi connectivity index (χ2v) is 2.54. The fraction of sp³-hybridized carbons (Fsp3) is 0.556. The van der Waals surface area contributed by atoms with E-state index < -0.39 is 0 Å². The quantitative estimate of drug-likeness (QED) is 0.661. The first-order valence-corrected chi connectivity index (χ1v) is 4.09. The molecule has 0 spiro atoms. The van der Waals surface area contributed by atoms with E-state index >= 15 is 0 Å². The van der Waals surface area contributed by atoms with Crippen molar-refractivity contribution in [1.29, 1.82) is 5.26 Å². The Morgan fingerprint density at radius 2 is 1.92 bits per heavy atom. The van der Waals surface area contributed by atoms with Crippen LogP contribution in [0.15, 0.2) is 0 Å². The van der Waals surface area contributed by atoms with Gasteiger partial charge in [0.05, 0.1) is 0 Å². The molecular formula is C9H15N3. The first-order valence-electron chi connectivity index (χ1n) is 4.09. The number of hydrogen-bond donors (Lipinski definition) is 1. The van der Waals surface area contributed by atoms with Gasteiger partial charge in [-0.2, -0.15) is 0 Å². The van der Waals surface area contributed by atoms with E-state index in [0.29, 0.717) is 0 Å². The van der Waals surface area contributed by atoms with E-state index in [9.17, 15) is 0 Å². The highest BCUT2D eigenvalue weighted by atomic mass is 14.9. The number of nitrogens with one attached hydrogen (secondary N) is 2. The average molecular weight is 165 g/mol. The second kappa shape index (κ2) is 5.36. The summed E-state index contributed by atoms with van der Waals surface area (Å²) in [7, 11) is 0. The van der Waals surface area contributed by atoms with Gasteiger partial charge in [-0.1, -0.05) is 13.8 Å². The number of hydrogen-bond acceptors (Lipinski definition) is 1. The van der Waals surface area contributed by atoms with Gasteiger partial charge in [-0.25, -0.2) is 9.97 Å². The van der Waals surface area contributed by atoms with Gasteiger partial charge in [0.25, 0.3) is 5.82 Å². The highest BCUT2D eigenvalue weighted by Gasteiger charge is 2.08. The highest BCUT2D eigenvalue weighted by Crippen LogP contribution is 1.99. The van der Waals surface area contributed by atoms with Crippen LogP contribution in [0.4, 0.5) is 0 Å². The molecule has 1 aromatic heterocycles. The van der Waals surface area contributed by atoms with Crippen LogP contribution < -0.4 is 4.98 Å². The fourth-order valence-corrected chi connectivity index (χ4v) is 1.14. The zero-order valence-electron chi connectivity index (χ0n) is 7.86. The molecule has 0 saturated carbocycles. The summed E-state index contributed by atoms with van der Waals surface area (Å²) in [4.78, 5) is 6.61. The fourth-order valence-electron chi connectivity index (χ4n) is 1.14. The molecule has 3 heteroatoms. The molecule has 0 aromatic carbocycles. The summed E-state index contributed by atoms with van der Waals surface area (Å²) in [6.07, 6.45) is 2.14. The molecule has 12 heavy (non-hydrogen) atoms. The summed E-state index contributed by atoms with van der Waals surface area (Å²) in [6, 6.07) is 0. The lowest BCUT2D eigenvalue weighted by Gasteiger charge is -1.80. The summed E-state index contributed by atoms with van der Waals surface area (Å²) in [5.41, 5.74) is 2.61. The number of aromatic nitrogens is 2. The molecule has 1 rings (SSSR count). The first kappa shape index (κ1) is 10.7. The SMILES string of the molecule is CCc1[nH]c(C)c(CC)[nH+]1.[C-]#N. The van der Waals surface area contributed by atoms with Crippen LogP contribution in [0.3, 0.4) is 0 Å². The number of rotatable bonds is 2. The van der Waals surface area contributed by atoms with Crippen LogP contribution in [0.1, 0.15) is 31.1 Å². The molecule has 0 unspecified atom stereocenters. The van der Waals surface area contributed by atoms with Gasteiger partial charge >= 0.3 is 0 Å². The average Bonchev–Trinajstić information content (AvgIpc) is 2.49. The smallest absolute Gasteiger partial charge is 0.252 e. The van der Waals surface area contributed by atoms with Crippen LogP contribution in [-0.2, 0) is 12.8 Å². The van der Waals surface area contributed by atoms with Crippen molar-refractivity contribution in [2.45, 2.75) is 33.6 Å². The van der Waals surface area contributed by atoms with Crippen LogP contribution in [0.5, 0.6) is 0 Å². The van der Waals surface area contributed by atoms with Crippen LogP contribution >= 0.6 is 0 Å². The van der Waals surface area contributed by atoms with Crippen LogP contribution in [0.25, 0.3) is 0 Å². The van der Waals surface area contributed by atoms with Crippen molar-refractivity contribution in [2.24, 2.45) is 0 Å². The predicted molar refractivity (Wildman–Crippen MR) is 45.8 cm³/mol. The van der Waals surface area contributed by atoms with Crippen LogP contribution in [0.2, 0.25) is 0 Å². The van der Waals surface area contributed by atoms with Crippen molar-refractivity contribution in [3.05, 3.63) is 23.8 Å². The predicted octanol–water partition coefficient (Wildman–Crippen LogP) is 1.36. The number of aryl methyl sites for hydroxylation is 3. The van der Waals surface area contributed by atoms with E-state index in [1.807, 2.05) is 0 Å². The van der Waals surface area contributed by atoms with Crippen molar-refractivity contribution in [3.8, 4) is 0 Å². The Balaban J connectivity index is 0.000000561. The molecule has 0 saturated heterocycles. The Kier molecular flexibility index (Phi) is 4.78. The lowest BCUT2D eigenvalue weighted by Crippen LogP contribution is -2.10. The van der Waals surface area contributed by atoms with Crippen molar-refractivity contribution < 1.29 is 4.98 Å². The lowest BCUT2D eigenvalue weighted by molar-refractivity contribution is -0.399. The molecule has 1 aromatic rings. The summed E-state index contributed by atoms with van der Waals surface area (Å²) >= 11 is 0. The Bertz CT molecular complexity index is 248. The first-order chi connectivity index (χ1) is 5.77. The van der Waals surface area contributed by atoms with E-state index in [1.165, 1.54) is 17.2 Å². The van der Waals surface area contributed by atoms with Gasteiger partial charge in [0.2, 0.25) is 0 Å². The molecule has 0 radical (unpaired) electrons. The zero-order chi connectivity index (χ0) is 9.56. The van der Waals surface area contributed by atoms with Gasteiger partial charge in [-0.3, -0.25) is 0 Å². The number of aromatic amines is 2. The van der Waals surface area contributed by atoms with Crippen molar-refractivity contribution in [2.75, 3.05) is 0 Å². The summed E-state index contributed by atoms with van der Waals surface area (Å²) < 4.78 is 0. The van der Waals surface area contributed by atoms with Crippen molar-refractivity contribution in [3.63, 3.8) is 0 Å². The third-order valence-corrected chi connectivity index (χ3v) is 1.80. The minimum atomic E-state index is 1.06.